The van der Waals surface area contributed by atoms with Crippen molar-refractivity contribution >= 4 is 5.91 Å². The number of piperidine rings is 1. The van der Waals surface area contributed by atoms with Gasteiger partial charge in [0.25, 0.3) is 0 Å². The molecule has 1 saturated heterocycles. The van der Waals surface area contributed by atoms with Crippen LogP contribution in [-0.4, -0.2) is 40.1 Å². The molecule has 0 radical (unpaired) electrons. The summed E-state index contributed by atoms with van der Waals surface area (Å²) in [5, 5.41) is 19.5. The number of fused-ring (bicyclic) bond motifs is 1. The van der Waals surface area contributed by atoms with Crippen LogP contribution in [0.5, 0.6) is 0 Å². The van der Waals surface area contributed by atoms with Gasteiger partial charge in [0.05, 0.1) is 18.2 Å². The highest BCUT2D eigenvalue weighted by Crippen LogP contribution is 2.47. The summed E-state index contributed by atoms with van der Waals surface area (Å²) in [6.45, 7) is 2.20. The van der Waals surface area contributed by atoms with E-state index in [1.807, 2.05) is 0 Å². The summed E-state index contributed by atoms with van der Waals surface area (Å²) in [4.78, 5) is 14.3. The van der Waals surface area contributed by atoms with Gasteiger partial charge in [-0.3, -0.25) is 4.79 Å². The number of aliphatic hydroxyl groups is 1. The predicted octanol–water partition coefficient (Wildman–Crippen LogP) is 1.96. The Hall–Kier alpha value is -1.38. The molecule has 2 aliphatic carbocycles. The molecule has 0 aromatic heterocycles. The van der Waals surface area contributed by atoms with Crippen LogP contribution in [0.25, 0.3) is 0 Å². The van der Waals surface area contributed by atoms with Crippen LogP contribution in [-0.2, 0) is 4.79 Å². The molecule has 3 rings (SSSR count). The van der Waals surface area contributed by atoms with Crippen LogP contribution in [0.15, 0.2) is 12.2 Å². The molecule has 132 valence electrons. The van der Waals surface area contributed by atoms with E-state index in [1.165, 1.54) is 0 Å². The van der Waals surface area contributed by atoms with Gasteiger partial charge in [0.1, 0.15) is 6.04 Å². The summed E-state index contributed by atoms with van der Waals surface area (Å²) in [6.07, 6.45) is 9.86. The minimum Gasteiger partial charge on any atom is -0.393 e. The zero-order valence-electron chi connectivity index (χ0n) is 14.5. The molecule has 0 bridgehead atoms. The third-order valence-electron chi connectivity index (χ3n) is 5.88. The standard InChI is InChI=1S/C19H29N3O2/c1-12-3-2-4-13(7-12)8-16(23)5-6-17(21)19(24)22-15(11-20)9-14-10-18(14)22/h2-3,12-18,23H,4-10,21H2,1H3. The topological polar surface area (TPSA) is 90.3 Å². The van der Waals surface area contributed by atoms with Crippen LogP contribution in [0.3, 0.4) is 0 Å². The second-order valence-corrected chi connectivity index (χ2v) is 8.01. The summed E-state index contributed by atoms with van der Waals surface area (Å²) in [5.41, 5.74) is 6.08. The minimum absolute atomic E-state index is 0.104. The average molecular weight is 331 g/mol. The third kappa shape index (κ3) is 3.81. The van der Waals surface area contributed by atoms with Crippen LogP contribution in [0, 0.1) is 29.1 Å². The Bertz CT molecular complexity index is 541. The van der Waals surface area contributed by atoms with E-state index in [9.17, 15) is 15.2 Å². The lowest BCUT2D eigenvalue weighted by Gasteiger charge is -2.27. The lowest BCUT2D eigenvalue weighted by Crippen LogP contribution is -2.47. The molecule has 5 nitrogen and oxygen atoms in total. The molecular formula is C19H29N3O2. The lowest BCUT2D eigenvalue weighted by atomic mass is 9.83. The number of likely N-dealkylation sites (tertiary alicyclic amines) is 1. The van der Waals surface area contributed by atoms with Crippen LogP contribution < -0.4 is 5.73 Å². The summed E-state index contributed by atoms with van der Waals surface area (Å²) in [6, 6.07) is 1.58. The Morgan fingerprint density at radius 1 is 1.42 bits per heavy atom. The lowest BCUT2D eigenvalue weighted by molar-refractivity contribution is -0.133. The summed E-state index contributed by atoms with van der Waals surface area (Å²) < 4.78 is 0. The SMILES string of the molecule is CC1C=CCC(CC(O)CCC(N)C(=O)N2C(C#N)CC3CC32)C1. The Balaban J connectivity index is 1.43. The van der Waals surface area contributed by atoms with Crippen LogP contribution in [0.1, 0.15) is 51.9 Å². The molecule has 7 unspecified atom stereocenters. The van der Waals surface area contributed by atoms with E-state index >= 15 is 0 Å². The first-order valence-corrected chi connectivity index (χ1v) is 9.31. The van der Waals surface area contributed by atoms with Gasteiger partial charge in [0.15, 0.2) is 0 Å². The Labute approximate surface area is 144 Å². The fraction of sp³-hybridized carbons (Fsp3) is 0.789. The molecule has 24 heavy (non-hydrogen) atoms. The molecule has 7 atom stereocenters. The molecule has 1 aliphatic heterocycles. The fourth-order valence-corrected chi connectivity index (χ4v) is 4.47. The van der Waals surface area contributed by atoms with Crippen LogP contribution in [0.2, 0.25) is 0 Å². The highest BCUT2D eigenvalue weighted by molar-refractivity contribution is 5.83. The van der Waals surface area contributed by atoms with Crippen molar-refractivity contribution in [1.29, 1.82) is 5.26 Å². The quantitative estimate of drug-likeness (QED) is 0.728. The zero-order valence-corrected chi connectivity index (χ0v) is 14.5. The van der Waals surface area contributed by atoms with Crippen LogP contribution in [0.4, 0.5) is 0 Å². The van der Waals surface area contributed by atoms with Gasteiger partial charge in [-0.2, -0.15) is 5.26 Å². The van der Waals surface area contributed by atoms with Gasteiger partial charge in [-0.25, -0.2) is 0 Å². The normalized spacial score (nSPS) is 36.8. The number of nitrogens with two attached hydrogens (primary N) is 1. The Morgan fingerprint density at radius 3 is 2.92 bits per heavy atom. The van der Waals surface area contributed by atoms with E-state index in [0.29, 0.717) is 30.6 Å². The molecule has 3 aliphatic rings. The monoisotopic (exact) mass is 331 g/mol. The number of carbonyl (C=O) groups is 1. The number of hydrogen-bond acceptors (Lipinski definition) is 4. The molecule has 2 fully saturated rings. The molecule has 0 spiro atoms. The molecule has 3 N–H and O–H groups in total. The number of nitriles is 1. The van der Waals surface area contributed by atoms with Crippen molar-refractivity contribution in [2.75, 3.05) is 0 Å². The van der Waals surface area contributed by atoms with E-state index in [0.717, 1.165) is 32.1 Å². The van der Waals surface area contributed by atoms with Crippen molar-refractivity contribution < 1.29 is 9.90 Å². The van der Waals surface area contributed by atoms with Crippen molar-refractivity contribution in [3.05, 3.63) is 12.2 Å². The average Bonchev–Trinajstić information content (AvgIpc) is 3.22. The molecule has 1 amide bonds. The molecular weight excluding hydrogens is 302 g/mol. The summed E-state index contributed by atoms with van der Waals surface area (Å²) in [7, 11) is 0. The van der Waals surface area contributed by atoms with E-state index in [1.54, 1.807) is 4.90 Å². The molecule has 1 saturated carbocycles. The number of rotatable bonds is 6. The molecule has 5 heteroatoms. The van der Waals surface area contributed by atoms with Gasteiger partial charge >= 0.3 is 0 Å². The maximum atomic E-state index is 12.6. The van der Waals surface area contributed by atoms with Gasteiger partial charge < -0.3 is 15.7 Å². The highest BCUT2D eigenvalue weighted by atomic mass is 16.3. The largest absolute Gasteiger partial charge is 0.393 e. The van der Waals surface area contributed by atoms with Crippen molar-refractivity contribution in [1.82, 2.24) is 4.90 Å². The number of allylic oxidation sites excluding steroid dienone is 2. The van der Waals surface area contributed by atoms with Gasteiger partial charge in [0.2, 0.25) is 5.91 Å². The maximum Gasteiger partial charge on any atom is 0.240 e. The van der Waals surface area contributed by atoms with Crippen molar-refractivity contribution in [2.45, 2.75) is 76.1 Å². The number of nitrogens with zero attached hydrogens (tertiary/aromatic N) is 2. The number of carbonyl (C=O) groups excluding carboxylic acids is 1. The number of amides is 1. The molecule has 0 aromatic carbocycles. The first kappa shape index (κ1) is 17.4. The minimum atomic E-state index is -0.597. The van der Waals surface area contributed by atoms with Crippen molar-refractivity contribution in [3.8, 4) is 6.07 Å². The Kier molecular flexibility index (Phi) is 5.27. The van der Waals surface area contributed by atoms with E-state index in [-0.39, 0.29) is 18.0 Å². The number of aliphatic hydroxyl groups excluding tert-OH is 1. The van der Waals surface area contributed by atoms with Crippen LogP contribution >= 0.6 is 0 Å². The van der Waals surface area contributed by atoms with Gasteiger partial charge in [0, 0.05) is 6.04 Å². The van der Waals surface area contributed by atoms with E-state index in [4.69, 9.17) is 5.73 Å². The van der Waals surface area contributed by atoms with E-state index in [2.05, 4.69) is 25.1 Å². The first-order valence-electron chi connectivity index (χ1n) is 9.31. The second kappa shape index (κ2) is 7.25. The number of hydrogen-bond donors (Lipinski definition) is 2. The maximum absolute atomic E-state index is 12.6. The first-order chi connectivity index (χ1) is 11.5. The Morgan fingerprint density at radius 2 is 2.21 bits per heavy atom. The second-order valence-electron chi connectivity index (χ2n) is 8.01. The summed E-state index contributed by atoms with van der Waals surface area (Å²) in [5.74, 6) is 1.52. The van der Waals surface area contributed by atoms with Gasteiger partial charge in [-0.05, 0) is 62.7 Å². The third-order valence-corrected chi connectivity index (χ3v) is 5.88. The van der Waals surface area contributed by atoms with E-state index < -0.39 is 12.1 Å². The van der Waals surface area contributed by atoms with Crippen molar-refractivity contribution in [2.24, 2.45) is 23.5 Å². The van der Waals surface area contributed by atoms with Gasteiger partial charge in [-0.15, -0.1) is 0 Å². The fourth-order valence-electron chi connectivity index (χ4n) is 4.47. The zero-order chi connectivity index (χ0) is 17.3. The molecule has 1 heterocycles. The smallest absolute Gasteiger partial charge is 0.240 e. The molecule has 0 aromatic rings. The van der Waals surface area contributed by atoms with Gasteiger partial charge in [-0.1, -0.05) is 19.1 Å². The summed E-state index contributed by atoms with van der Waals surface area (Å²) >= 11 is 0. The predicted molar refractivity (Wildman–Crippen MR) is 91.6 cm³/mol. The highest BCUT2D eigenvalue weighted by Gasteiger charge is 2.54. The van der Waals surface area contributed by atoms with Crippen molar-refractivity contribution in [3.63, 3.8) is 0 Å².